The number of carbonyl (C=O) groups excluding carboxylic acids is 4. The fourth-order valence-electron chi connectivity index (χ4n) is 11.9. The van der Waals surface area contributed by atoms with E-state index in [1.54, 1.807) is 53.7 Å². The predicted octanol–water partition coefficient (Wildman–Crippen LogP) is 16.7. The van der Waals surface area contributed by atoms with Crippen LogP contribution in [0, 0.1) is 77.9 Å². The van der Waals surface area contributed by atoms with E-state index < -0.39 is 49.7 Å². The molecular weight excluding hydrogens is 1200 g/mol. The summed E-state index contributed by atoms with van der Waals surface area (Å²) in [7, 11) is -5.87. The number of phenols is 1. The van der Waals surface area contributed by atoms with Gasteiger partial charge in [-0.15, -0.1) is 0 Å². The van der Waals surface area contributed by atoms with E-state index >= 15 is 0 Å². The lowest BCUT2D eigenvalue weighted by atomic mass is 9.65. The monoisotopic (exact) mass is 1300 g/mol. The first-order chi connectivity index (χ1) is 42.4. The number of benzene rings is 4. The molecule has 1 aromatic heterocycles. The molecule has 4 aliphatic carbocycles. The van der Waals surface area contributed by atoms with Gasteiger partial charge in [-0.1, -0.05) is 89.2 Å². The Bertz CT molecular complexity index is 3300. The molecule has 9 rings (SSSR count). The zero-order valence-electron chi connectivity index (χ0n) is 56.4. The molecule has 0 aliphatic heterocycles. The van der Waals surface area contributed by atoms with Gasteiger partial charge < -0.3 is 33.0 Å². The van der Waals surface area contributed by atoms with Crippen molar-refractivity contribution in [3.05, 3.63) is 143 Å². The van der Waals surface area contributed by atoms with Crippen molar-refractivity contribution in [2.75, 3.05) is 0 Å². The second-order valence-corrected chi connectivity index (χ2v) is 30.7. The van der Waals surface area contributed by atoms with Gasteiger partial charge in [-0.05, 0) is 237 Å². The van der Waals surface area contributed by atoms with E-state index in [0.717, 1.165) is 55.3 Å². The van der Waals surface area contributed by atoms with Crippen molar-refractivity contribution in [3.8, 4) is 17.2 Å². The van der Waals surface area contributed by atoms with Crippen molar-refractivity contribution in [2.24, 2.45) is 57.2 Å². The summed E-state index contributed by atoms with van der Waals surface area (Å²) in [4.78, 5) is 63.3. The Morgan fingerprint density at radius 2 is 1.05 bits per heavy atom. The lowest BCUT2D eigenvalue weighted by molar-refractivity contribution is -0.183. The maximum Gasteiger partial charge on any atom is 0.369 e. The van der Waals surface area contributed by atoms with E-state index in [-0.39, 0.29) is 50.8 Å². The zero-order chi connectivity index (χ0) is 68.2. The van der Waals surface area contributed by atoms with Gasteiger partial charge in [-0.25, -0.2) is 8.42 Å². The molecule has 4 saturated carbocycles. The van der Waals surface area contributed by atoms with E-state index in [0.29, 0.717) is 48.3 Å². The largest absolute Gasteiger partial charge is 0.743 e. The van der Waals surface area contributed by atoms with Crippen molar-refractivity contribution in [2.45, 2.75) is 214 Å². The van der Waals surface area contributed by atoms with Gasteiger partial charge in [0.25, 0.3) is 0 Å². The number of hydrogen-bond donors (Lipinski definition) is 1. The molecule has 1 heterocycles. The number of phenolic OH excluding ortho intramolecular Hbond substituents is 1. The van der Waals surface area contributed by atoms with Crippen LogP contribution in [-0.4, -0.2) is 58.9 Å². The Balaban J connectivity index is 0.000000208. The number of carbonyl (C=O) groups is 4. The summed E-state index contributed by atoms with van der Waals surface area (Å²) in [6.45, 7) is 29.9. The summed E-state index contributed by atoms with van der Waals surface area (Å²) < 4.78 is 83.0. The number of alkyl halides is 2. The van der Waals surface area contributed by atoms with Gasteiger partial charge in [-0.2, -0.15) is 8.78 Å². The summed E-state index contributed by atoms with van der Waals surface area (Å²) in [6.07, 6.45) is 9.44. The number of ether oxygens (including phenoxy) is 4. The third kappa shape index (κ3) is 18.3. The number of rotatable bonds is 18. The van der Waals surface area contributed by atoms with Gasteiger partial charge in [0.15, 0.2) is 30.9 Å². The Labute approximate surface area is 542 Å². The number of esters is 4. The number of halogens is 2. The minimum absolute atomic E-state index is 0.0146. The van der Waals surface area contributed by atoms with Crippen LogP contribution in [0.15, 0.2) is 139 Å². The van der Waals surface area contributed by atoms with Crippen LogP contribution in [0.4, 0.5) is 8.78 Å². The molecule has 8 atom stereocenters. The van der Waals surface area contributed by atoms with E-state index in [2.05, 4.69) is 110 Å². The fraction of sp³-hybridized carbons (Fsp3) is 0.548. The van der Waals surface area contributed by atoms with Crippen LogP contribution in [0.2, 0.25) is 0 Å². The molecule has 0 spiro atoms. The summed E-state index contributed by atoms with van der Waals surface area (Å²) in [5.41, 5.74) is -1.49. The first-order valence-corrected chi connectivity index (χ1v) is 34.5. The molecule has 14 nitrogen and oxygen atoms in total. The van der Waals surface area contributed by atoms with Crippen molar-refractivity contribution in [1.29, 1.82) is 0 Å². The highest BCUT2D eigenvalue weighted by Crippen LogP contribution is 2.71. The van der Waals surface area contributed by atoms with Crippen LogP contribution >= 0.6 is 0 Å². The van der Waals surface area contributed by atoms with Crippen molar-refractivity contribution < 1.29 is 69.4 Å². The molecule has 8 unspecified atom stereocenters. The molecule has 4 bridgehead atoms. The molecule has 0 amide bonds. The van der Waals surface area contributed by atoms with Crippen molar-refractivity contribution >= 4 is 44.9 Å². The van der Waals surface area contributed by atoms with Crippen LogP contribution in [0.1, 0.15) is 178 Å². The highest BCUT2D eigenvalue weighted by atomic mass is 32.2. The molecule has 4 fully saturated rings. The quantitative estimate of drug-likeness (QED) is 0.0284. The Hall–Kier alpha value is -6.37. The first kappa shape index (κ1) is 75.4. The molecule has 0 radical (unpaired) electrons. The molecule has 4 aromatic carbocycles. The van der Waals surface area contributed by atoms with Crippen molar-refractivity contribution in [1.82, 2.24) is 0 Å². The average Bonchev–Trinajstić information content (AvgIpc) is 1.54. The molecule has 500 valence electrons. The van der Waals surface area contributed by atoms with Crippen LogP contribution in [-0.2, 0) is 49.7 Å². The van der Waals surface area contributed by atoms with Gasteiger partial charge >= 0.3 is 29.1 Å². The second kappa shape index (κ2) is 31.0. The summed E-state index contributed by atoms with van der Waals surface area (Å²) in [5.74, 6) is 4.79. The average molecular weight is 1300 g/mol. The summed E-state index contributed by atoms with van der Waals surface area (Å²) >= 11 is 0. The van der Waals surface area contributed by atoms with Gasteiger partial charge in [0.1, 0.15) is 22.9 Å². The molecule has 1 N–H and O–H groups in total. The zero-order valence-corrected chi connectivity index (χ0v) is 58.0. The fourth-order valence-corrected chi connectivity index (χ4v) is 14.5. The summed E-state index contributed by atoms with van der Waals surface area (Å²) in [6, 6.07) is 36.7. The van der Waals surface area contributed by atoms with E-state index in [1.165, 1.54) is 66.5 Å². The van der Waals surface area contributed by atoms with Gasteiger partial charge in [-0.3, -0.25) is 24.0 Å². The lowest BCUT2D eigenvalue weighted by Crippen LogP contribution is -2.49. The van der Waals surface area contributed by atoms with Crippen LogP contribution in [0.5, 0.6) is 17.2 Å². The second-order valence-electron chi connectivity index (χ2n) is 27.2. The highest BCUT2D eigenvalue weighted by molar-refractivity contribution is 7.97. The van der Waals surface area contributed by atoms with Gasteiger partial charge in [0.05, 0.1) is 38.8 Å². The Morgan fingerprint density at radius 3 is 1.47 bits per heavy atom. The normalized spacial score (nSPS) is 21.0. The minimum Gasteiger partial charge on any atom is -0.743 e. The maximum atomic E-state index is 13.0. The third-order valence-corrected chi connectivity index (χ3v) is 22.7. The smallest absolute Gasteiger partial charge is 0.369 e. The Morgan fingerprint density at radius 1 is 0.637 bits per heavy atom. The SMILES string of the molecule is CCC(C)(C)C(=O)OC(C)C(F)(F)S(=O)(=O)[O-].CCC(C)(C)C(=O)OC1(CC)CC2CC1C1C3CCC(C3)C21.CCC(C)(C)C(=O)Oc1c(C)occc1=O.CCC(C)(C)C(=O)Oc1cc(C)c(O)c(C)c1.c1ccc([S+](c2ccccc2)c2ccccc2)cc1. The minimum atomic E-state index is -5.86. The molecule has 5 aromatic rings. The van der Waals surface area contributed by atoms with Gasteiger partial charge in [0, 0.05) is 12.0 Å². The number of aromatic hydroxyl groups is 1. The number of aryl methyl sites for hydroxylation is 3. The number of hydrogen-bond acceptors (Lipinski definition) is 14. The molecule has 18 heteroatoms. The Kier molecular flexibility index (Phi) is 25.7. The first-order valence-electron chi connectivity index (χ1n) is 31.9. The maximum absolute atomic E-state index is 13.0. The predicted molar refractivity (Wildman–Crippen MR) is 350 cm³/mol. The van der Waals surface area contributed by atoms with E-state index in [1.807, 2.05) is 41.5 Å². The lowest BCUT2D eigenvalue weighted by Gasteiger charge is -2.46. The topological polar surface area (TPSA) is 213 Å². The summed E-state index contributed by atoms with van der Waals surface area (Å²) in [5, 5.41) is 5.00. The van der Waals surface area contributed by atoms with Gasteiger partial charge in [0.2, 0.25) is 11.2 Å². The standard InChI is InChI=1S/C20H32O2.C18H15S.C14H20O3.C12H16O4.C9H16F2O5S/c1-5-19(3,4)18(21)22-20(6-2)11-14-10-15(20)17-13-8-7-12(9-13)16(14)17;1-4-10-16(11-5-1)19(17-12-6-2-7-13-17)18-14-8-3-9-15-18;1-6-14(4,5)13(16)17-11-7-9(2)12(15)10(3)8-11;1-5-12(3,4)11(14)16-10-8(2)15-7-6-9(10)13;1-5-8(3,4)7(12)16-6(2)9(10,11)17(13,14)15/h12-17H,5-11H2,1-4H3;1-15H;7-8,15H,6H2,1-5H3;6-7H,5H2,1-4H3;6H,5H2,1-4H3,(H,13,14,15)/q;+1;;;/p-1. The van der Waals surface area contributed by atoms with Crippen LogP contribution < -0.4 is 14.9 Å². The molecular formula is C73H98F2O14S2. The van der Waals surface area contributed by atoms with Crippen LogP contribution in [0.25, 0.3) is 0 Å². The highest BCUT2D eigenvalue weighted by Gasteiger charge is 2.68. The van der Waals surface area contributed by atoms with E-state index in [4.69, 9.17) is 18.6 Å². The van der Waals surface area contributed by atoms with E-state index in [9.17, 15) is 50.8 Å². The third-order valence-electron chi connectivity index (χ3n) is 19.4. The molecule has 4 aliphatic rings. The number of fused-ring (bicyclic) bond motifs is 9. The van der Waals surface area contributed by atoms with Crippen molar-refractivity contribution in [3.63, 3.8) is 0 Å². The molecule has 0 saturated heterocycles. The van der Waals surface area contributed by atoms with Crippen LogP contribution in [0.3, 0.4) is 0 Å². The molecule has 91 heavy (non-hydrogen) atoms.